The summed E-state index contributed by atoms with van der Waals surface area (Å²) in [6.07, 6.45) is 8.76. The molecule has 8 N–H and O–H groups in total. The van der Waals surface area contributed by atoms with E-state index in [4.69, 9.17) is 14.7 Å². The molecule has 1 aromatic heterocycles. The highest BCUT2D eigenvalue weighted by atomic mass is 35.5. The largest absolute Gasteiger partial charge is 1.00 e. The third-order valence-electron chi connectivity index (χ3n) is 9.73. The number of hydrogen-bond acceptors (Lipinski definition) is 3. The summed E-state index contributed by atoms with van der Waals surface area (Å²) in [6, 6.07) is 27.3. The van der Waals surface area contributed by atoms with Gasteiger partial charge >= 0.3 is 0 Å². The van der Waals surface area contributed by atoms with Crippen LogP contribution in [0.4, 0.5) is 0 Å². The first-order chi connectivity index (χ1) is 21.3. The normalized spacial score (nSPS) is 22.3. The average molecular weight is 714 g/mol. The standard InChI is InChI=1S/C35H33N7O.4ClH/c1-2-6-21(7-3-1)35-42-30-13-11-22(28-19-38-33(40-28)26-8-4-14-36-26)16-24(30)17-31(42)25-12-10-23(18-32(25)43-35)29-20-39-34(41-29)27-9-5-15-37-27;;;;/h1-3,6-7,10-13,16-20,26-27,35-37H,4-5,8-9,14-15H2,(H,38,40)(H,39,41);4*1H/t26-,27-,35-;;;;/m0..../s1. The van der Waals surface area contributed by atoms with Gasteiger partial charge in [0.15, 0.2) is 23.5 Å². The predicted octanol–water partition coefficient (Wildman–Crippen LogP) is -10.7. The van der Waals surface area contributed by atoms with Crippen LogP contribution in [0.3, 0.4) is 0 Å². The highest BCUT2D eigenvalue weighted by Gasteiger charge is 2.34. The maximum atomic E-state index is 6.88. The summed E-state index contributed by atoms with van der Waals surface area (Å²) >= 11 is 0. The Bertz CT molecular complexity index is 1890. The van der Waals surface area contributed by atoms with E-state index in [-0.39, 0.29) is 55.9 Å². The summed E-state index contributed by atoms with van der Waals surface area (Å²) in [5.74, 6) is 3.31. The molecule has 5 aliphatic rings. The lowest BCUT2D eigenvalue weighted by molar-refractivity contribution is -0.665. The average Bonchev–Trinajstić information content (AvgIpc) is 3.89. The van der Waals surface area contributed by atoms with Crippen molar-refractivity contribution in [1.82, 2.24) is 4.57 Å². The zero-order valence-corrected chi connectivity index (χ0v) is 28.7. The molecule has 0 bridgehead atoms. The molecule has 0 aliphatic carbocycles. The van der Waals surface area contributed by atoms with Gasteiger partial charge in [0, 0.05) is 53.3 Å². The molecule has 4 aromatic rings. The first-order valence-electron chi connectivity index (χ1n) is 15.7. The molecule has 0 radical (unpaired) electrons. The number of ether oxygens (including phenoxy) is 1. The Morgan fingerprint density at radius 1 is 0.681 bits per heavy atom. The lowest BCUT2D eigenvalue weighted by Gasteiger charge is -2.30. The Morgan fingerprint density at radius 3 is 1.91 bits per heavy atom. The molecule has 12 heteroatoms. The highest BCUT2D eigenvalue weighted by Crippen LogP contribution is 2.45. The van der Waals surface area contributed by atoms with E-state index < -0.39 is 0 Å². The van der Waals surface area contributed by atoms with Gasteiger partial charge in [-0.05, 0) is 42.5 Å². The molecule has 2 fully saturated rings. The molecule has 6 heterocycles. The summed E-state index contributed by atoms with van der Waals surface area (Å²) in [6.45, 7) is 2.40. The van der Waals surface area contributed by atoms with E-state index in [0.717, 1.165) is 28.1 Å². The van der Waals surface area contributed by atoms with Gasteiger partial charge in [0.1, 0.15) is 5.75 Å². The quantitative estimate of drug-likeness (QED) is 0.162. The van der Waals surface area contributed by atoms with Gasteiger partial charge in [-0.3, -0.25) is 10.6 Å². The Kier molecular flexibility index (Phi) is 10.9. The van der Waals surface area contributed by atoms with Crippen LogP contribution in [0.25, 0.3) is 33.6 Å². The lowest BCUT2D eigenvalue weighted by atomic mass is 10.0. The number of amidine groups is 2. The van der Waals surface area contributed by atoms with Crippen molar-refractivity contribution in [3.8, 4) is 17.0 Å². The third kappa shape index (κ3) is 6.25. The topological polar surface area (TPSA) is 105 Å². The van der Waals surface area contributed by atoms with Crippen molar-refractivity contribution < 1.29 is 75.6 Å². The van der Waals surface area contributed by atoms with Crippen molar-refractivity contribution in [2.45, 2.75) is 44.0 Å². The molecular weight excluding hydrogens is 676 g/mol. The summed E-state index contributed by atoms with van der Waals surface area (Å²) in [7, 11) is 0. The Hall–Kier alpha value is -3.18. The minimum Gasteiger partial charge on any atom is -1.00 e. The molecule has 47 heavy (non-hydrogen) atoms. The number of hydrogen-bond donors (Lipinski definition) is 4. The van der Waals surface area contributed by atoms with Gasteiger partial charge in [-0.25, -0.2) is 0 Å². The van der Waals surface area contributed by atoms with E-state index in [9.17, 15) is 0 Å². The number of nitrogens with zero attached hydrogens (tertiary/aromatic N) is 3. The molecule has 246 valence electrons. The van der Waals surface area contributed by atoms with Crippen LogP contribution in [0.2, 0.25) is 0 Å². The summed E-state index contributed by atoms with van der Waals surface area (Å²) in [5.41, 5.74) is 9.31. The van der Waals surface area contributed by atoms with Crippen LogP contribution >= 0.6 is 0 Å². The van der Waals surface area contributed by atoms with E-state index in [1.807, 2.05) is 12.4 Å². The maximum Gasteiger partial charge on any atom is 0.264 e. The summed E-state index contributed by atoms with van der Waals surface area (Å²) < 4.78 is 9.24. The van der Waals surface area contributed by atoms with E-state index in [1.54, 1.807) is 0 Å². The van der Waals surface area contributed by atoms with Crippen molar-refractivity contribution in [1.29, 1.82) is 0 Å². The van der Waals surface area contributed by atoms with Crippen LogP contribution in [-0.4, -0.2) is 41.4 Å². The number of halogens is 4. The van der Waals surface area contributed by atoms with Crippen molar-refractivity contribution in [3.05, 3.63) is 102 Å². The number of quaternary nitrogens is 4. The fourth-order valence-corrected chi connectivity index (χ4v) is 7.46. The van der Waals surface area contributed by atoms with Crippen molar-refractivity contribution in [2.24, 2.45) is 9.98 Å². The monoisotopic (exact) mass is 711 g/mol. The first kappa shape index (κ1) is 35.1. The number of nitrogens with two attached hydrogens (primary N) is 4. The van der Waals surface area contributed by atoms with Crippen LogP contribution in [0, 0.1) is 0 Å². The summed E-state index contributed by atoms with van der Waals surface area (Å²) in [5, 5.41) is 10.6. The molecule has 0 saturated carbocycles. The molecule has 0 spiro atoms. The third-order valence-corrected chi connectivity index (χ3v) is 9.73. The Labute approximate surface area is 298 Å². The molecule has 0 amide bonds. The van der Waals surface area contributed by atoms with Crippen molar-refractivity contribution in [3.63, 3.8) is 0 Å². The number of aromatic nitrogens is 1. The molecular formula is C35H37Cl4N7O. The minimum absolute atomic E-state index is 0. The number of rotatable bonds is 5. The number of benzene rings is 3. The Morgan fingerprint density at radius 2 is 1.30 bits per heavy atom. The SMILES string of the molecule is C1=C(c2ccc3c(c2)O[C@@H](c2ccccc2)n2c-3cc3cc(C4=CN=C([C@@H]5CCC[NH2+]5)[NH2+]4)ccc32)[NH2+]C([C@@H]2CCC[NH2+]2)=N1.[Cl-].[Cl-].[Cl-].[Cl-]. The second-order valence-electron chi connectivity index (χ2n) is 12.4. The molecule has 3 atom stereocenters. The van der Waals surface area contributed by atoms with Gasteiger partial charge in [0.05, 0.1) is 36.7 Å². The van der Waals surface area contributed by atoms with Gasteiger partial charge in [0.25, 0.3) is 11.7 Å². The van der Waals surface area contributed by atoms with Crippen molar-refractivity contribution >= 4 is 34.0 Å². The van der Waals surface area contributed by atoms with E-state index >= 15 is 0 Å². The zero-order valence-electron chi connectivity index (χ0n) is 25.6. The van der Waals surface area contributed by atoms with Gasteiger partial charge < -0.3 is 69.6 Å². The fraction of sp³-hybridized carbons (Fsp3) is 0.257. The van der Waals surface area contributed by atoms with Crippen LogP contribution in [0.1, 0.15) is 48.6 Å². The smallest absolute Gasteiger partial charge is 0.264 e. The minimum atomic E-state index is -0.256. The van der Waals surface area contributed by atoms with E-state index in [2.05, 4.69) is 98.6 Å². The molecule has 9 rings (SSSR count). The predicted molar refractivity (Wildman–Crippen MR) is 167 cm³/mol. The van der Waals surface area contributed by atoms with Gasteiger partial charge in [-0.1, -0.05) is 30.3 Å². The van der Waals surface area contributed by atoms with Crippen LogP contribution < -0.4 is 75.6 Å². The van der Waals surface area contributed by atoms with Gasteiger partial charge in [-0.2, -0.15) is 9.98 Å². The second-order valence-corrected chi connectivity index (χ2v) is 12.4. The highest BCUT2D eigenvalue weighted by molar-refractivity contribution is 5.93. The second kappa shape index (κ2) is 14.5. The molecule has 3 aromatic carbocycles. The molecule has 0 unspecified atom stereocenters. The van der Waals surface area contributed by atoms with Crippen LogP contribution in [0.5, 0.6) is 5.75 Å². The first-order valence-corrected chi connectivity index (χ1v) is 15.7. The van der Waals surface area contributed by atoms with Gasteiger partial charge in [-0.15, -0.1) is 0 Å². The fourth-order valence-electron chi connectivity index (χ4n) is 7.46. The maximum absolute atomic E-state index is 6.88. The van der Waals surface area contributed by atoms with E-state index in [0.29, 0.717) is 12.1 Å². The molecule has 2 saturated heterocycles. The number of aliphatic imine (C=N–C) groups is 2. The summed E-state index contributed by atoms with van der Waals surface area (Å²) in [4.78, 5) is 9.58. The van der Waals surface area contributed by atoms with Crippen LogP contribution in [-0.2, 0) is 0 Å². The lowest BCUT2D eigenvalue weighted by Crippen LogP contribution is -3.00. The van der Waals surface area contributed by atoms with Gasteiger partial charge in [0.2, 0.25) is 6.23 Å². The number of fused-ring (bicyclic) bond motifs is 5. The van der Waals surface area contributed by atoms with Crippen LogP contribution in [0.15, 0.2) is 95.2 Å². The molecule has 5 aliphatic heterocycles. The zero-order chi connectivity index (χ0) is 28.3. The molecule has 8 nitrogen and oxygen atoms in total. The van der Waals surface area contributed by atoms with E-state index in [1.165, 1.54) is 78.3 Å². The van der Waals surface area contributed by atoms with Crippen molar-refractivity contribution in [2.75, 3.05) is 13.1 Å². The Balaban J connectivity index is 0.00000108.